The predicted molar refractivity (Wildman–Crippen MR) is 58.4 cm³/mol. The molecule has 1 unspecified atom stereocenters. The fraction of sp³-hybridized carbons (Fsp3) is 0.400. The smallest absolute Gasteiger partial charge is 0.141 e. The first-order valence-electron chi connectivity index (χ1n) is 4.51. The van der Waals surface area contributed by atoms with Crippen LogP contribution in [0.15, 0.2) is 30.3 Å². The van der Waals surface area contributed by atoms with Gasteiger partial charge in [-0.1, -0.05) is 37.3 Å². The standard InChI is InChI=1S/C10H15ClSi/c1-2-12(11)9-8-10-6-4-3-5-7-10/h3-7,12H,2,8-9H2,1H3. The van der Waals surface area contributed by atoms with Gasteiger partial charge < -0.3 is 0 Å². The van der Waals surface area contributed by atoms with Crippen LogP contribution < -0.4 is 0 Å². The molecule has 0 amide bonds. The van der Waals surface area contributed by atoms with Crippen LogP contribution in [0.1, 0.15) is 12.5 Å². The summed E-state index contributed by atoms with van der Waals surface area (Å²) in [5.74, 6) is 0. The van der Waals surface area contributed by atoms with Gasteiger partial charge >= 0.3 is 0 Å². The van der Waals surface area contributed by atoms with Crippen molar-refractivity contribution in [2.45, 2.75) is 25.4 Å². The highest BCUT2D eigenvalue weighted by molar-refractivity contribution is 7.06. The van der Waals surface area contributed by atoms with Crippen molar-refractivity contribution in [3.63, 3.8) is 0 Å². The SMILES string of the molecule is CC[SiH](Cl)CCc1ccccc1. The van der Waals surface area contributed by atoms with E-state index in [2.05, 4.69) is 37.3 Å². The van der Waals surface area contributed by atoms with Gasteiger partial charge in [-0.05, 0) is 24.1 Å². The minimum absolute atomic E-state index is 0.879. The van der Waals surface area contributed by atoms with Crippen molar-refractivity contribution >= 4 is 19.2 Å². The lowest BCUT2D eigenvalue weighted by molar-refractivity contribution is 1.11. The second kappa shape index (κ2) is 5.39. The van der Waals surface area contributed by atoms with Crippen LogP contribution in [0.2, 0.25) is 12.1 Å². The Morgan fingerprint density at radius 1 is 1.25 bits per heavy atom. The number of halogens is 1. The average Bonchev–Trinajstić information content (AvgIpc) is 2.16. The van der Waals surface area contributed by atoms with Gasteiger partial charge in [-0.2, -0.15) is 11.1 Å². The third-order valence-corrected chi connectivity index (χ3v) is 5.41. The van der Waals surface area contributed by atoms with E-state index in [4.69, 9.17) is 11.1 Å². The molecular weight excluding hydrogens is 184 g/mol. The van der Waals surface area contributed by atoms with E-state index in [0.29, 0.717) is 0 Å². The van der Waals surface area contributed by atoms with Gasteiger partial charge in [-0.15, -0.1) is 0 Å². The summed E-state index contributed by atoms with van der Waals surface area (Å²) in [4.78, 5) is 0. The lowest BCUT2D eigenvalue weighted by Gasteiger charge is -2.03. The highest BCUT2D eigenvalue weighted by atomic mass is 35.6. The van der Waals surface area contributed by atoms with Gasteiger partial charge in [0.1, 0.15) is 8.11 Å². The van der Waals surface area contributed by atoms with E-state index in [1.54, 1.807) is 0 Å². The van der Waals surface area contributed by atoms with Crippen molar-refractivity contribution < 1.29 is 0 Å². The molecule has 0 aliphatic rings. The molecule has 0 N–H and O–H groups in total. The molecule has 0 aromatic heterocycles. The molecule has 2 heteroatoms. The lowest BCUT2D eigenvalue weighted by Crippen LogP contribution is -2.02. The number of rotatable bonds is 4. The molecule has 12 heavy (non-hydrogen) atoms. The Hall–Kier alpha value is -0.273. The summed E-state index contributed by atoms with van der Waals surface area (Å²) in [6, 6.07) is 13.0. The first kappa shape index (κ1) is 9.81. The normalized spacial score (nSPS) is 12.8. The van der Waals surface area contributed by atoms with Crippen LogP contribution in [0, 0.1) is 0 Å². The summed E-state index contributed by atoms with van der Waals surface area (Å²) in [6.07, 6.45) is 1.16. The van der Waals surface area contributed by atoms with E-state index in [0.717, 1.165) is 6.42 Å². The Morgan fingerprint density at radius 2 is 1.92 bits per heavy atom. The van der Waals surface area contributed by atoms with Gasteiger partial charge in [-0.3, -0.25) is 0 Å². The Bertz CT molecular complexity index is 210. The highest BCUT2D eigenvalue weighted by Crippen LogP contribution is 2.09. The number of hydrogen-bond acceptors (Lipinski definition) is 0. The Kier molecular flexibility index (Phi) is 4.40. The van der Waals surface area contributed by atoms with Gasteiger partial charge in [0.2, 0.25) is 0 Å². The van der Waals surface area contributed by atoms with Crippen LogP contribution in [0.4, 0.5) is 0 Å². The van der Waals surface area contributed by atoms with E-state index in [9.17, 15) is 0 Å². The van der Waals surface area contributed by atoms with E-state index < -0.39 is 8.11 Å². The van der Waals surface area contributed by atoms with Crippen molar-refractivity contribution in [2.75, 3.05) is 0 Å². The number of hydrogen-bond donors (Lipinski definition) is 0. The zero-order valence-corrected chi connectivity index (χ0v) is 9.37. The van der Waals surface area contributed by atoms with Crippen molar-refractivity contribution in [1.29, 1.82) is 0 Å². The molecule has 1 aromatic carbocycles. The van der Waals surface area contributed by atoms with Crippen LogP contribution in [-0.4, -0.2) is 8.11 Å². The second-order valence-electron chi connectivity index (χ2n) is 3.03. The van der Waals surface area contributed by atoms with E-state index in [1.807, 2.05) is 0 Å². The van der Waals surface area contributed by atoms with Crippen LogP contribution in [0.5, 0.6) is 0 Å². The molecule has 0 nitrogen and oxygen atoms in total. The Labute approximate surface area is 80.9 Å². The molecule has 0 bridgehead atoms. The van der Waals surface area contributed by atoms with Crippen LogP contribution >= 0.6 is 11.1 Å². The molecule has 1 atom stereocenters. The minimum Gasteiger partial charge on any atom is -0.172 e. The van der Waals surface area contributed by atoms with E-state index >= 15 is 0 Å². The number of aryl methyl sites for hydroxylation is 1. The molecule has 0 saturated heterocycles. The summed E-state index contributed by atoms with van der Waals surface area (Å²) in [6.45, 7) is 2.19. The molecule has 1 aromatic rings. The molecule has 0 aliphatic heterocycles. The minimum atomic E-state index is -0.879. The fourth-order valence-electron chi connectivity index (χ4n) is 1.17. The second-order valence-corrected chi connectivity index (χ2v) is 7.47. The molecule has 0 fully saturated rings. The first-order valence-corrected chi connectivity index (χ1v) is 7.88. The van der Waals surface area contributed by atoms with Gasteiger partial charge in [0.15, 0.2) is 0 Å². The monoisotopic (exact) mass is 198 g/mol. The molecule has 0 spiro atoms. The van der Waals surface area contributed by atoms with Gasteiger partial charge in [0.05, 0.1) is 0 Å². The molecule has 0 saturated carbocycles. The van der Waals surface area contributed by atoms with Crippen molar-refractivity contribution in [2.24, 2.45) is 0 Å². The third-order valence-electron chi connectivity index (χ3n) is 2.03. The fourth-order valence-corrected chi connectivity index (χ4v) is 2.55. The van der Waals surface area contributed by atoms with Crippen LogP contribution in [-0.2, 0) is 6.42 Å². The van der Waals surface area contributed by atoms with Gasteiger partial charge in [0, 0.05) is 0 Å². The molecule has 0 radical (unpaired) electrons. The van der Waals surface area contributed by atoms with Crippen molar-refractivity contribution in [3.8, 4) is 0 Å². The maximum Gasteiger partial charge on any atom is 0.141 e. The summed E-state index contributed by atoms with van der Waals surface area (Å²) in [5, 5.41) is 0. The third kappa shape index (κ3) is 3.42. The maximum atomic E-state index is 6.15. The molecular formula is C10H15ClSi. The largest absolute Gasteiger partial charge is 0.172 e. The summed E-state index contributed by atoms with van der Waals surface area (Å²) >= 11 is 6.15. The zero-order chi connectivity index (χ0) is 8.81. The lowest BCUT2D eigenvalue weighted by atomic mass is 10.2. The van der Waals surface area contributed by atoms with Gasteiger partial charge in [-0.25, -0.2) is 0 Å². The summed E-state index contributed by atoms with van der Waals surface area (Å²) in [5.41, 5.74) is 1.42. The topological polar surface area (TPSA) is 0 Å². The van der Waals surface area contributed by atoms with Gasteiger partial charge in [0.25, 0.3) is 0 Å². The van der Waals surface area contributed by atoms with Crippen molar-refractivity contribution in [1.82, 2.24) is 0 Å². The summed E-state index contributed by atoms with van der Waals surface area (Å²) < 4.78 is 0. The van der Waals surface area contributed by atoms with Crippen molar-refractivity contribution in [3.05, 3.63) is 35.9 Å². The Morgan fingerprint density at radius 3 is 2.50 bits per heavy atom. The maximum absolute atomic E-state index is 6.15. The highest BCUT2D eigenvalue weighted by Gasteiger charge is 2.03. The van der Waals surface area contributed by atoms with Crippen LogP contribution in [0.25, 0.3) is 0 Å². The van der Waals surface area contributed by atoms with E-state index in [1.165, 1.54) is 17.7 Å². The average molecular weight is 199 g/mol. The summed E-state index contributed by atoms with van der Waals surface area (Å²) in [7, 11) is -0.879. The first-order chi connectivity index (χ1) is 5.83. The number of benzene rings is 1. The zero-order valence-electron chi connectivity index (χ0n) is 7.46. The Balaban J connectivity index is 2.33. The molecule has 0 aliphatic carbocycles. The quantitative estimate of drug-likeness (QED) is 0.515. The van der Waals surface area contributed by atoms with E-state index in [-0.39, 0.29) is 0 Å². The molecule has 66 valence electrons. The van der Waals surface area contributed by atoms with Crippen LogP contribution in [0.3, 0.4) is 0 Å². The predicted octanol–water partition coefficient (Wildman–Crippen LogP) is 3.21. The molecule has 1 rings (SSSR count). The molecule has 0 heterocycles.